The zero-order valence-corrected chi connectivity index (χ0v) is 9.37. The number of nitrogens with zero attached hydrogens (tertiary/aromatic N) is 1. The lowest BCUT2D eigenvalue weighted by Crippen LogP contribution is -2.08. The maximum absolute atomic E-state index is 13.1. The highest BCUT2D eigenvalue weighted by Gasteiger charge is 2.44. The fraction of sp³-hybridized carbons (Fsp3) is 0.308. The molecule has 0 amide bonds. The molecule has 1 aromatic carbocycles. The number of alkyl halides is 3. The minimum Gasteiger partial charge on any atom is -0.360 e. The van der Waals surface area contributed by atoms with E-state index >= 15 is 0 Å². The smallest absolute Gasteiger partial charge is 0.360 e. The van der Waals surface area contributed by atoms with Gasteiger partial charge in [-0.15, -0.1) is 0 Å². The van der Waals surface area contributed by atoms with Crippen molar-refractivity contribution in [3.05, 3.63) is 41.7 Å². The van der Waals surface area contributed by atoms with Gasteiger partial charge in [0.05, 0.1) is 0 Å². The Bertz CT molecular complexity index is 555. The molecule has 1 fully saturated rings. The molecule has 2 aromatic rings. The van der Waals surface area contributed by atoms with Crippen LogP contribution in [0.4, 0.5) is 13.2 Å². The van der Waals surface area contributed by atoms with Crippen LogP contribution in [0.15, 0.2) is 34.9 Å². The van der Waals surface area contributed by atoms with Crippen molar-refractivity contribution in [1.82, 2.24) is 5.16 Å². The van der Waals surface area contributed by atoms with E-state index in [0.717, 1.165) is 12.8 Å². The van der Waals surface area contributed by atoms with Gasteiger partial charge in [-0.3, -0.25) is 0 Å². The quantitative estimate of drug-likeness (QED) is 0.800. The van der Waals surface area contributed by atoms with Gasteiger partial charge in [0.15, 0.2) is 5.76 Å². The van der Waals surface area contributed by atoms with Crippen molar-refractivity contribution < 1.29 is 17.7 Å². The zero-order chi connectivity index (χ0) is 12.8. The molecule has 5 heteroatoms. The highest BCUT2D eigenvalue weighted by atomic mass is 19.4. The summed E-state index contributed by atoms with van der Waals surface area (Å²) in [6.45, 7) is 0. The van der Waals surface area contributed by atoms with Gasteiger partial charge < -0.3 is 4.52 Å². The van der Waals surface area contributed by atoms with Crippen molar-refractivity contribution in [3.8, 4) is 11.3 Å². The molecule has 2 nitrogen and oxygen atoms in total. The molecule has 0 bridgehead atoms. The van der Waals surface area contributed by atoms with E-state index in [9.17, 15) is 13.2 Å². The normalized spacial score (nSPS) is 15.9. The Kier molecular flexibility index (Phi) is 2.43. The van der Waals surface area contributed by atoms with Crippen LogP contribution >= 0.6 is 0 Å². The third kappa shape index (κ3) is 1.89. The van der Waals surface area contributed by atoms with Crippen LogP contribution < -0.4 is 0 Å². The van der Waals surface area contributed by atoms with E-state index in [4.69, 9.17) is 4.52 Å². The second kappa shape index (κ2) is 3.86. The summed E-state index contributed by atoms with van der Waals surface area (Å²) in [4.78, 5) is 0. The minimum atomic E-state index is -4.43. The summed E-state index contributed by atoms with van der Waals surface area (Å²) < 4.78 is 44.3. The predicted molar refractivity (Wildman–Crippen MR) is 58.9 cm³/mol. The SMILES string of the molecule is FC(F)(F)c1c(-c2ccccc2)noc1C1CC1. The largest absolute Gasteiger partial charge is 0.422 e. The van der Waals surface area contributed by atoms with E-state index in [2.05, 4.69) is 5.16 Å². The molecule has 94 valence electrons. The number of hydrogen-bond acceptors (Lipinski definition) is 2. The molecule has 0 spiro atoms. The van der Waals surface area contributed by atoms with E-state index in [0.29, 0.717) is 5.56 Å². The lowest BCUT2D eigenvalue weighted by molar-refractivity contribution is -0.138. The molecule has 3 rings (SSSR count). The van der Waals surface area contributed by atoms with Crippen molar-refractivity contribution >= 4 is 0 Å². The van der Waals surface area contributed by atoms with Gasteiger partial charge in [0, 0.05) is 11.5 Å². The average Bonchev–Trinajstić information content (AvgIpc) is 3.07. The van der Waals surface area contributed by atoms with Crippen molar-refractivity contribution in [2.24, 2.45) is 0 Å². The summed E-state index contributed by atoms with van der Waals surface area (Å²) in [5, 5.41) is 3.62. The molecule has 0 radical (unpaired) electrons. The van der Waals surface area contributed by atoms with Crippen molar-refractivity contribution in [3.63, 3.8) is 0 Å². The Morgan fingerprint density at radius 3 is 2.33 bits per heavy atom. The monoisotopic (exact) mass is 253 g/mol. The molecule has 0 unspecified atom stereocenters. The summed E-state index contributed by atoms with van der Waals surface area (Å²) in [6, 6.07) is 8.31. The Balaban J connectivity index is 2.15. The first-order chi connectivity index (χ1) is 8.57. The number of rotatable bonds is 2. The molecule has 1 heterocycles. The first-order valence-corrected chi connectivity index (χ1v) is 5.69. The van der Waals surface area contributed by atoms with Crippen molar-refractivity contribution in [2.45, 2.75) is 24.9 Å². The molecule has 0 N–H and O–H groups in total. The summed E-state index contributed by atoms with van der Waals surface area (Å²) in [6.07, 6.45) is -2.94. The van der Waals surface area contributed by atoms with Crippen LogP contribution in [0.5, 0.6) is 0 Å². The predicted octanol–water partition coefficient (Wildman–Crippen LogP) is 4.24. The van der Waals surface area contributed by atoms with E-state index in [1.807, 2.05) is 0 Å². The lowest BCUT2D eigenvalue weighted by atomic mass is 10.0. The molecule has 0 aliphatic heterocycles. The van der Waals surface area contributed by atoms with Crippen LogP contribution in [0.2, 0.25) is 0 Å². The Hall–Kier alpha value is -1.78. The van der Waals surface area contributed by atoms with Gasteiger partial charge in [-0.1, -0.05) is 35.5 Å². The zero-order valence-electron chi connectivity index (χ0n) is 9.37. The van der Waals surface area contributed by atoms with Gasteiger partial charge in [-0.2, -0.15) is 13.2 Å². The molecular weight excluding hydrogens is 243 g/mol. The van der Waals surface area contributed by atoms with E-state index in [-0.39, 0.29) is 17.4 Å². The fourth-order valence-corrected chi connectivity index (χ4v) is 1.99. The summed E-state index contributed by atoms with van der Waals surface area (Å²) in [5.74, 6) is -0.132. The van der Waals surface area contributed by atoms with Crippen molar-refractivity contribution in [2.75, 3.05) is 0 Å². The Labute approximate surface area is 101 Å². The van der Waals surface area contributed by atoms with Gasteiger partial charge >= 0.3 is 6.18 Å². The van der Waals surface area contributed by atoms with Crippen LogP contribution in [0.3, 0.4) is 0 Å². The van der Waals surface area contributed by atoms with Crippen LogP contribution in [-0.4, -0.2) is 5.16 Å². The standard InChI is InChI=1S/C13H10F3NO/c14-13(15,16)10-11(8-4-2-1-3-5-8)17-18-12(10)9-6-7-9/h1-5,9H,6-7H2. The number of hydrogen-bond donors (Lipinski definition) is 0. The van der Waals surface area contributed by atoms with Gasteiger partial charge in [0.1, 0.15) is 11.3 Å². The second-order valence-electron chi connectivity index (χ2n) is 4.41. The van der Waals surface area contributed by atoms with Gasteiger partial charge in [0.25, 0.3) is 0 Å². The molecule has 1 saturated carbocycles. The molecular formula is C13H10F3NO. The summed E-state index contributed by atoms with van der Waals surface area (Å²) in [5.41, 5.74) is -0.387. The highest BCUT2D eigenvalue weighted by Crippen LogP contribution is 2.48. The highest BCUT2D eigenvalue weighted by molar-refractivity contribution is 5.64. The van der Waals surface area contributed by atoms with Crippen LogP contribution in [0.25, 0.3) is 11.3 Å². The topological polar surface area (TPSA) is 26.0 Å². The third-order valence-corrected chi connectivity index (χ3v) is 3.00. The Morgan fingerprint density at radius 1 is 1.11 bits per heavy atom. The van der Waals surface area contributed by atoms with E-state index in [1.54, 1.807) is 30.3 Å². The molecule has 1 aliphatic carbocycles. The summed E-state index contributed by atoms with van der Waals surface area (Å²) >= 11 is 0. The number of halogens is 3. The Morgan fingerprint density at radius 2 is 1.78 bits per heavy atom. The van der Waals surface area contributed by atoms with E-state index < -0.39 is 11.7 Å². The molecule has 1 aromatic heterocycles. The minimum absolute atomic E-state index is 0.0126. The fourth-order valence-electron chi connectivity index (χ4n) is 1.99. The van der Waals surface area contributed by atoms with Crippen LogP contribution in [0.1, 0.15) is 30.1 Å². The first-order valence-electron chi connectivity index (χ1n) is 5.69. The molecule has 1 aliphatic rings. The summed E-state index contributed by atoms with van der Waals surface area (Å²) in [7, 11) is 0. The molecule has 0 atom stereocenters. The van der Waals surface area contributed by atoms with Crippen LogP contribution in [-0.2, 0) is 6.18 Å². The van der Waals surface area contributed by atoms with Gasteiger partial charge in [0.2, 0.25) is 0 Å². The van der Waals surface area contributed by atoms with E-state index in [1.165, 1.54) is 0 Å². The third-order valence-electron chi connectivity index (χ3n) is 3.00. The first kappa shape index (κ1) is 11.3. The van der Waals surface area contributed by atoms with Crippen LogP contribution in [0, 0.1) is 0 Å². The number of benzene rings is 1. The molecule has 18 heavy (non-hydrogen) atoms. The number of aromatic nitrogens is 1. The van der Waals surface area contributed by atoms with Crippen molar-refractivity contribution in [1.29, 1.82) is 0 Å². The second-order valence-corrected chi connectivity index (χ2v) is 4.41. The lowest BCUT2D eigenvalue weighted by Gasteiger charge is -2.07. The maximum atomic E-state index is 13.1. The average molecular weight is 253 g/mol. The van der Waals surface area contributed by atoms with Gasteiger partial charge in [-0.05, 0) is 12.8 Å². The maximum Gasteiger partial charge on any atom is 0.422 e. The van der Waals surface area contributed by atoms with Gasteiger partial charge in [-0.25, -0.2) is 0 Å². The molecule has 0 saturated heterocycles.